The molecule has 2 aromatic heterocycles. The van der Waals surface area contributed by atoms with E-state index in [1.807, 2.05) is 0 Å². The number of aromatic nitrogens is 3. The van der Waals surface area contributed by atoms with Crippen molar-refractivity contribution < 1.29 is 17.2 Å². The second-order valence-electron chi connectivity index (χ2n) is 5.67. The Morgan fingerprint density at radius 1 is 0.963 bits per heavy atom. The predicted octanol–water partition coefficient (Wildman–Crippen LogP) is 3.50. The lowest BCUT2D eigenvalue weighted by atomic mass is 10.2. The quantitative estimate of drug-likeness (QED) is 0.582. The van der Waals surface area contributed by atoms with Gasteiger partial charge in [0.1, 0.15) is 17.0 Å². The maximum Gasteiger partial charge on any atom is 0.262 e. The van der Waals surface area contributed by atoms with Gasteiger partial charge in [0.2, 0.25) is 0 Å². The summed E-state index contributed by atoms with van der Waals surface area (Å²) < 4.78 is 57.4. The average molecular weight is 386 g/mol. The third-order valence-electron chi connectivity index (χ3n) is 3.92. The van der Waals surface area contributed by atoms with Crippen LogP contribution >= 0.6 is 0 Å². The molecular weight excluding hydrogens is 374 g/mol. The smallest absolute Gasteiger partial charge is 0.262 e. The Morgan fingerprint density at radius 3 is 2.56 bits per heavy atom. The van der Waals surface area contributed by atoms with E-state index >= 15 is 0 Å². The highest BCUT2D eigenvalue weighted by Gasteiger charge is 2.20. The monoisotopic (exact) mass is 386 g/mol. The Bertz CT molecular complexity index is 1240. The van der Waals surface area contributed by atoms with Crippen molar-refractivity contribution >= 4 is 26.6 Å². The molecule has 9 heteroatoms. The number of hydrogen-bond donors (Lipinski definition) is 1. The van der Waals surface area contributed by atoms with Crippen LogP contribution in [-0.4, -0.2) is 23.2 Å². The van der Waals surface area contributed by atoms with Gasteiger partial charge in [-0.2, -0.15) is 5.10 Å². The van der Waals surface area contributed by atoms with Gasteiger partial charge in [-0.25, -0.2) is 21.9 Å². The van der Waals surface area contributed by atoms with E-state index in [4.69, 9.17) is 0 Å². The first-order chi connectivity index (χ1) is 13.0. The van der Waals surface area contributed by atoms with Gasteiger partial charge in [-0.15, -0.1) is 0 Å². The summed E-state index contributed by atoms with van der Waals surface area (Å²) in [5.74, 6) is -1.27. The van der Waals surface area contributed by atoms with E-state index in [1.54, 1.807) is 12.3 Å². The van der Waals surface area contributed by atoms with E-state index < -0.39 is 21.7 Å². The van der Waals surface area contributed by atoms with Crippen molar-refractivity contribution in [2.24, 2.45) is 0 Å². The number of pyridine rings is 1. The zero-order chi connectivity index (χ0) is 19.0. The van der Waals surface area contributed by atoms with E-state index in [1.165, 1.54) is 41.3 Å². The van der Waals surface area contributed by atoms with Crippen LogP contribution in [0.5, 0.6) is 0 Å². The molecule has 0 saturated carbocycles. The fourth-order valence-corrected chi connectivity index (χ4v) is 3.97. The number of hydrogen-bond acceptors (Lipinski definition) is 4. The number of fused-ring (bicyclic) bond motifs is 1. The number of sulfonamides is 1. The van der Waals surface area contributed by atoms with Gasteiger partial charge < -0.3 is 0 Å². The van der Waals surface area contributed by atoms with Crippen LogP contribution in [0.3, 0.4) is 0 Å². The first-order valence-electron chi connectivity index (χ1n) is 7.81. The van der Waals surface area contributed by atoms with Crippen LogP contribution in [0.25, 0.3) is 16.6 Å². The standard InChI is InChI=1S/C18H12F2N4O2S/c19-14-5-7-17(13-3-1-8-21-18(13)14)27(25,26)23-12-4-6-16(15(20)11-12)24-10-2-9-22-24/h1-11,23H. The van der Waals surface area contributed by atoms with E-state index in [-0.39, 0.29) is 27.2 Å². The van der Waals surface area contributed by atoms with Crippen molar-refractivity contribution in [2.75, 3.05) is 4.72 Å². The SMILES string of the molecule is O=S(=O)(Nc1ccc(-n2cccn2)c(F)c1)c1ccc(F)c2ncccc12. The molecule has 0 aliphatic heterocycles. The van der Waals surface area contributed by atoms with Gasteiger partial charge in [-0.3, -0.25) is 9.71 Å². The second kappa shape index (κ2) is 6.44. The van der Waals surface area contributed by atoms with Crippen molar-refractivity contribution in [2.45, 2.75) is 4.90 Å². The van der Waals surface area contributed by atoms with Gasteiger partial charge in [0.15, 0.2) is 5.82 Å². The number of halogens is 2. The summed E-state index contributed by atoms with van der Waals surface area (Å²) in [7, 11) is -4.09. The molecule has 4 rings (SSSR count). The highest BCUT2D eigenvalue weighted by Crippen LogP contribution is 2.26. The van der Waals surface area contributed by atoms with Crippen LogP contribution in [-0.2, 0) is 10.0 Å². The van der Waals surface area contributed by atoms with Crippen molar-refractivity contribution in [1.29, 1.82) is 0 Å². The maximum atomic E-state index is 14.3. The lowest BCUT2D eigenvalue weighted by molar-refractivity contribution is 0.601. The summed E-state index contributed by atoms with van der Waals surface area (Å²) in [5.41, 5.74) is 0.157. The van der Waals surface area contributed by atoms with E-state index in [9.17, 15) is 17.2 Å². The molecule has 0 spiro atoms. The number of anilines is 1. The average Bonchev–Trinajstić information content (AvgIpc) is 3.16. The molecule has 2 aromatic carbocycles. The van der Waals surface area contributed by atoms with Gasteiger partial charge in [0.05, 0.1) is 10.6 Å². The Hall–Kier alpha value is -3.33. The molecule has 0 bridgehead atoms. The van der Waals surface area contributed by atoms with Crippen LogP contribution in [0.15, 0.2) is 72.0 Å². The predicted molar refractivity (Wildman–Crippen MR) is 96.0 cm³/mol. The molecule has 0 amide bonds. The fourth-order valence-electron chi connectivity index (χ4n) is 2.72. The van der Waals surface area contributed by atoms with E-state index in [2.05, 4.69) is 14.8 Å². The van der Waals surface area contributed by atoms with Crippen molar-refractivity contribution in [3.05, 3.63) is 78.8 Å². The zero-order valence-electron chi connectivity index (χ0n) is 13.7. The second-order valence-corrected chi connectivity index (χ2v) is 7.32. The van der Waals surface area contributed by atoms with Crippen molar-refractivity contribution in [1.82, 2.24) is 14.8 Å². The fraction of sp³-hybridized carbons (Fsp3) is 0. The summed E-state index contributed by atoms with van der Waals surface area (Å²) >= 11 is 0. The lowest BCUT2D eigenvalue weighted by Crippen LogP contribution is -2.14. The maximum absolute atomic E-state index is 14.3. The lowest BCUT2D eigenvalue weighted by Gasteiger charge is -2.12. The normalized spacial score (nSPS) is 11.6. The molecule has 4 aromatic rings. The summed E-state index contributed by atoms with van der Waals surface area (Å²) in [5, 5.41) is 4.07. The molecule has 0 unspecified atom stereocenters. The van der Waals surface area contributed by atoms with Crippen LogP contribution in [0.4, 0.5) is 14.5 Å². The van der Waals surface area contributed by atoms with E-state index in [0.29, 0.717) is 0 Å². The Balaban J connectivity index is 1.73. The first kappa shape index (κ1) is 17.1. The number of nitrogens with zero attached hydrogens (tertiary/aromatic N) is 3. The van der Waals surface area contributed by atoms with Gasteiger partial charge in [0.25, 0.3) is 10.0 Å². The van der Waals surface area contributed by atoms with Crippen LogP contribution < -0.4 is 4.72 Å². The minimum Gasteiger partial charge on any atom is -0.280 e. The van der Waals surface area contributed by atoms with Crippen molar-refractivity contribution in [3.8, 4) is 5.69 Å². The molecule has 2 heterocycles. The Kier molecular flexibility index (Phi) is 4.08. The molecule has 0 saturated heterocycles. The zero-order valence-corrected chi connectivity index (χ0v) is 14.5. The number of benzene rings is 2. The Morgan fingerprint density at radius 2 is 1.81 bits per heavy atom. The molecule has 136 valence electrons. The van der Waals surface area contributed by atoms with E-state index in [0.717, 1.165) is 18.2 Å². The number of nitrogens with one attached hydrogen (secondary N) is 1. The molecule has 0 aliphatic carbocycles. The summed E-state index contributed by atoms with van der Waals surface area (Å²) in [6.45, 7) is 0. The first-order valence-corrected chi connectivity index (χ1v) is 9.30. The van der Waals surface area contributed by atoms with Gasteiger partial charge in [-0.1, -0.05) is 0 Å². The van der Waals surface area contributed by atoms with Gasteiger partial charge >= 0.3 is 0 Å². The van der Waals surface area contributed by atoms with Gasteiger partial charge in [-0.05, 0) is 42.5 Å². The molecular formula is C18H12F2N4O2S. The van der Waals surface area contributed by atoms with Gasteiger partial charge in [0, 0.05) is 30.0 Å². The summed E-state index contributed by atoms with van der Waals surface area (Å²) in [4.78, 5) is 3.73. The molecule has 1 N–H and O–H groups in total. The molecule has 6 nitrogen and oxygen atoms in total. The highest BCUT2D eigenvalue weighted by molar-refractivity contribution is 7.93. The highest BCUT2D eigenvalue weighted by atomic mass is 32.2. The minimum absolute atomic E-state index is 0.0322. The molecule has 0 atom stereocenters. The molecule has 27 heavy (non-hydrogen) atoms. The minimum atomic E-state index is -4.09. The summed E-state index contributed by atoms with van der Waals surface area (Å²) in [6, 6.07) is 10.7. The summed E-state index contributed by atoms with van der Waals surface area (Å²) in [6.07, 6.45) is 4.45. The number of rotatable bonds is 4. The third-order valence-corrected chi connectivity index (χ3v) is 5.36. The topological polar surface area (TPSA) is 76.9 Å². The molecule has 0 aliphatic rings. The molecule has 0 fully saturated rings. The van der Waals surface area contributed by atoms with Crippen LogP contribution in [0.1, 0.15) is 0 Å². The largest absolute Gasteiger partial charge is 0.280 e. The Labute approximate surface area is 153 Å². The van der Waals surface area contributed by atoms with Crippen molar-refractivity contribution in [3.63, 3.8) is 0 Å². The van der Waals surface area contributed by atoms with Crippen LogP contribution in [0, 0.1) is 11.6 Å². The third kappa shape index (κ3) is 3.13. The van der Waals surface area contributed by atoms with Crippen LogP contribution in [0.2, 0.25) is 0 Å². The molecule has 0 radical (unpaired) electrons.